The Morgan fingerprint density at radius 2 is 1.95 bits per heavy atom. The van der Waals surface area contributed by atoms with Crippen LogP contribution in [0.5, 0.6) is 17.2 Å². The monoisotopic (exact) mass is 271 g/mol. The summed E-state index contributed by atoms with van der Waals surface area (Å²) in [6, 6.07) is 4.38. The number of aromatic nitrogens is 1. The van der Waals surface area contributed by atoms with E-state index in [0.717, 1.165) is 23.0 Å². The first-order valence-electron chi connectivity index (χ1n) is 6.12. The summed E-state index contributed by atoms with van der Waals surface area (Å²) in [6.45, 7) is 3.84. The molecule has 102 valence electrons. The summed E-state index contributed by atoms with van der Waals surface area (Å²) in [6.07, 6.45) is 1.60. The Bertz CT molecular complexity index is 755. The number of phenols is 2. The first kappa shape index (κ1) is 12.3. The first-order valence-corrected chi connectivity index (χ1v) is 6.12. The van der Waals surface area contributed by atoms with Crippen LogP contribution in [0, 0.1) is 13.8 Å². The van der Waals surface area contributed by atoms with Crippen LogP contribution in [0.3, 0.4) is 0 Å². The number of carbonyl (C=O) groups is 1. The predicted octanol–water partition coefficient (Wildman–Crippen LogP) is 2.66. The van der Waals surface area contributed by atoms with Gasteiger partial charge in [0.2, 0.25) is 5.78 Å². The Balaban J connectivity index is 2.06. The zero-order valence-electron chi connectivity index (χ0n) is 11.0. The van der Waals surface area contributed by atoms with Crippen LogP contribution in [0.1, 0.15) is 27.3 Å². The molecule has 1 aliphatic heterocycles. The second kappa shape index (κ2) is 4.16. The molecule has 2 heterocycles. The van der Waals surface area contributed by atoms with E-state index in [9.17, 15) is 15.0 Å². The summed E-state index contributed by atoms with van der Waals surface area (Å²) in [7, 11) is 0. The van der Waals surface area contributed by atoms with E-state index < -0.39 is 5.78 Å². The van der Waals surface area contributed by atoms with Crippen LogP contribution >= 0.6 is 0 Å². The molecule has 20 heavy (non-hydrogen) atoms. The average Bonchev–Trinajstić information content (AvgIpc) is 2.81. The Morgan fingerprint density at radius 3 is 2.60 bits per heavy atom. The van der Waals surface area contributed by atoms with Crippen LogP contribution in [0.2, 0.25) is 0 Å². The number of fused-ring (bicyclic) bond motifs is 1. The van der Waals surface area contributed by atoms with E-state index in [0.29, 0.717) is 0 Å². The lowest BCUT2D eigenvalue weighted by Crippen LogP contribution is -1.98. The van der Waals surface area contributed by atoms with Gasteiger partial charge in [-0.3, -0.25) is 4.79 Å². The number of hydrogen-bond acceptors (Lipinski definition) is 4. The van der Waals surface area contributed by atoms with Gasteiger partial charge in [-0.25, -0.2) is 0 Å². The highest BCUT2D eigenvalue weighted by atomic mass is 16.5. The summed E-state index contributed by atoms with van der Waals surface area (Å²) in [5.74, 6) is -0.551. The zero-order valence-corrected chi connectivity index (χ0v) is 11.0. The number of allylic oxidation sites excluding steroid dienone is 1. The lowest BCUT2D eigenvalue weighted by Gasteiger charge is -2.00. The molecule has 1 aromatic carbocycles. The van der Waals surface area contributed by atoms with E-state index in [2.05, 4.69) is 4.98 Å². The summed E-state index contributed by atoms with van der Waals surface area (Å²) in [5, 5.41) is 19.1. The van der Waals surface area contributed by atoms with Gasteiger partial charge in [0, 0.05) is 29.6 Å². The number of hydrogen-bond donors (Lipinski definition) is 3. The average molecular weight is 271 g/mol. The molecule has 0 saturated heterocycles. The fraction of sp³-hybridized carbons (Fsp3) is 0.133. The smallest absolute Gasteiger partial charge is 0.235 e. The normalized spacial score (nSPS) is 15.5. The minimum Gasteiger partial charge on any atom is -0.508 e. The van der Waals surface area contributed by atoms with Gasteiger partial charge in [-0.2, -0.15) is 0 Å². The SMILES string of the molecule is Cc1cc(C)c(C=C2Oc3cc(O)cc(O)c3C2=O)[nH]1. The number of carbonyl (C=O) groups excluding carboxylic acids is 1. The van der Waals surface area contributed by atoms with Crippen LogP contribution in [0.25, 0.3) is 6.08 Å². The van der Waals surface area contributed by atoms with Crippen LogP contribution in [-0.4, -0.2) is 21.0 Å². The highest BCUT2D eigenvalue weighted by Crippen LogP contribution is 2.40. The lowest BCUT2D eigenvalue weighted by atomic mass is 10.1. The molecule has 0 atom stereocenters. The van der Waals surface area contributed by atoms with Crippen molar-refractivity contribution in [3.05, 3.63) is 46.5 Å². The number of aryl methyl sites for hydroxylation is 2. The zero-order chi connectivity index (χ0) is 14.4. The molecule has 0 unspecified atom stereocenters. The molecule has 3 N–H and O–H groups in total. The van der Waals surface area contributed by atoms with Crippen LogP contribution in [0.15, 0.2) is 24.0 Å². The van der Waals surface area contributed by atoms with E-state index in [1.54, 1.807) is 6.08 Å². The van der Waals surface area contributed by atoms with Crippen LogP contribution in [0.4, 0.5) is 0 Å². The number of benzene rings is 1. The quantitative estimate of drug-likeness (QED) is 0.696. The van der Waals surface area contributed by atoms with Gasteiger partial charge in [-0.15, -0.1) is 0 Å². The molecule has 0 spiro atoms. The third-order valence-corrected chi connectivity index (χ3v) is 3.20. The van der Waals surface area contributed by atoms with Gasteiger partial charge in [-0.05, 0) is 25.5 Å². The molecule has 0 amide bonds. The van der Waals surface area contributed by atoms with Crippen LogP contribution in [-0.2, 0) is 0 Å². The van der Waals surface area contributed by atoms with Crippen molar-refractivity contribution in [2.45, 2.75) is 13.8 Å². The number of phenolic OH excluding ortho intramolecular Hbond substituents is 2. The maximum absolute atomic E-state index is 12.2. The van der Waals surface area contributed by atoms with Crippen LogP contribution < -0.4 is 4.74 Å². The summed E-state index contributed by atoms with van der Waals surface area (Å²) < 4.78 is 5.42. The van der Waals surface area contributed by atoms with Gasteiger partial charge in [0.25, 0.3) is 0 Å². The fourth-order valence-electron chi connectivity index (χ4n) is 2.31. The second-order valence-corrected chi connectivity index (χ2v) is 4.83. The number of aromatic hydroxyl groups is 2. The number of nitrogens with one attached hydrogen (secondary N) is 1. The predicted molar refractivity (Wildman–Crippen MR) is 73.0 cm³/mol. The number of Topliss-reactive ketones (excluding diaryl/α,β-unsaturated/α-hetero) is 1. The molecule has 5 heteroatoms. The van der Waals surface area contributed by atoms with Crippen molar-refractivity contribution in [3.63, 3.8) is 0 Å². The highest BCUT2D eigenvalue weighted by molar-refractivity contribution is 6.16. The van der Waals surface area contributed by atoms with Crippen molar-refractivity contribution >= 4 is 11.9 Å². The molecule has 5 nitrogen and oxygen atoms in total. The van der Waals surface area contributed by atoms with E-state index >= 15 is 0 Å². The maximum Gasteiger partial charge on any atom is 0.235 e. The first-order chi connectivity index (χ1) is 9.45. The van der Waals surface area contributed by atoms with Gasteiger partial charge in [0.05, 0.1) is 0 Å². The summed E-state index contributed by atoms with van der Waals surface area (Å²) in [4.78, 5) is 15.3. The molecule has 1 aromatic heterocycles. The highest BCUT2D eigenvalue weighted by Gasteiger charge is 2.31. The van der Waals surface area contributed by atoms with E-state index in [1.165, 1.54) is 6.07 Å². The number of rotatable bonds is 1. The Labute approximate surface area is 115 Å². The Kier molecular flexibility index (Phi) is 2.57. The number of ketones is 1. The van der Waals surface area contributed by atoms with Crippen molar-refractivity contribution in [2.75, 3.05) is 0 Å². The van der Waals surface area contributed by atoms with Gasteiger partial charge in [0.1, 0.15) is 22.8 Å². The van der Waals surface area contributed by atoms with Gasteiger partial charge >= 0.3 is 0 Å². The number of ether oxygens (including phenoxy) is 1. The lowest BCUT2D eigenvalue weighted by molar-refractivity contribution is 0.101. The fourth-order valence-corrected chi connectivity index (χ4v) is 2.31. The number of aromatic amines is 1. The summed E-state index contributed by atoms with van der Waals surface area (Å²) >= 11 is 0. The van der Waals surface area contributed by atoms with Crippen molar-refractivity contribution < 1.29 is 19.7 Å². The molecule has 0 bridgehead atoms. The Hall–Kier alpha value is -2.69. The van der Waals surface area contributed by atoms with Gasteiger partial charge < -0.3 is 19.9 Å². The second-order valence-electron chi connectivity index (χ2n) is 4.83. The maximum atomic E-state index is 12.2. The molecule has 2 aromatic rings. The summed E-state index contributed by atoms with van der Waals surface area (Å²) in [5.41, 5.74) is 2.84. The molecule has 0 aliphatic carbocycles. The third-order valence-electron chi connectivity index (χ3n) is 3.20. The van der Waals surface area contributed by atoms with Gasteiger partial charge in [0.15, 0.2) is 5.76 Å². The molecule has 0 saturated carbocycles. The Morgan fingerprint density at radius 1 is 1.20 bits per heavy atom. The van der Waals surface area contributed by atoms with E-state index in [-0.39, 0.29) is 28.6 Å². The molecular weight excluding hydrogens is 258 g/mol. The molecule has 0 fully saturated rings. The molecular formula is C15H13NO4. The minimum absolute atomic E-state index is 0.0787. The largest absolute Gasteiger partial charge is 0.508 e. The molecule has 0 radical (unpaired) electrons. The number of H-pyrrole nitrogens is 1. The van der Waals surface area contributed by atoms with E-state index in [4.69, 9.17) is 4.74 Å². The molecule has 1 aliphatic rings. The van der Waals surface area contributed by atoms with Crippen molar-refractivity contribution in [2.24, 2.45) is 0 Å². The topological polar surface area (TPSA) is 82.5 Å². The minimum atomic E-state index is -0.399. The third kappa shape index (κ3) is 1.84. The molecule has 3 rings (SSSR count). The van der Waals surface area contributed by atoms with E-state index in [1.807, 2.05) is 19.9 Å². The van der Waals surface area contributed by atoms with Crippen molar-refractivity contribution in [1.29, 1.82) is 0 Å². The van der Waals surface area contributed by atoms with Crippen molar-refractivity contribution in [1.82, 2.24) is 4.98 Å². The van der Waals surface area contributed by atoms with Gasteiger partial charge in [-0.1, -0.05) is 0 Å². The van der Waals surface area contributed by atoms with Crippen molar-refractivity contribution in [3.8, 4) is 17.2 Å². The standard InChI is InChI=1S/C15H13NO4/c1-7-3-8(2)16-10(7)6-13-15(19)14-11(18)4-9(17)5-12(14)20-13/h3-6,16-18H,1-2H3.